The number of nitrogens with one attached hydrogen (secondary N) is 1. The third-order valence-electron chi connectivity index (χ3n) is 5.58. The molecular formula is C22H23F6NO2. The van der Waals surface area contributed by atoms with Crippen LogP contribution in [-0.2, 0) is 17.5 Å². The molecule has 31 heavy (non-hydrogen) atoms. The van der Waals surface area contributed by atoms with Gasteiger partial charge in [-0.25, -0.2) is 0 Å². The normalized spacial score (nSPS) is 20.1. The maximum absolute atomic E-state index is 14.0. The largest absolute Gasteiger partial charge is 0.490 e. The number of benzene rings is 2. The lowest BCUT2D eigenvalue weighted by molar-refractivity contribution is -0.185. The van der Waals surface area contributed by atoms with Crippen molar-refractivity contribution < 1.29 is 35.9 Å². The predicted molar refractivity (Wildman–Crippen MR) is 104 cm³/mol. The van der Waals surface area contributed by atoms with Crippen molar-refractivity contribution in [1.29, 1.82) is 0 Å². The number of aldehydes is 1. The van der Waals surface area contributed by atoms with E-state index in [1.165, 1.54) is 24.3 Å². The van der Waals surface area contributed by atoms with Crippen molar-refractivity contribution >= 4 is 17.1 Å². The zero-order valence-corrected chi connectivity index (χ0v) is 16.7. The Morgan fingerprint density at radius 2 is 1.68 bits per heavy atom. The maximum Gasteiger partial charge on any atom is 0.420 e. The lowest BCUT2D eigenvalue weighted by Gasteiger charge is -2.31. The van der Waals surface area contributed by atoms with Gasteiger partial charge in [-0.2, -0.15) is 26.3 Å². The van der Waals surface area contributed by atoms with Crippen LogP contribution >= 0.6 is 0 Å². The fourth-order valence-corrected chi connectivity index (χ4v) is 4.02. The van der Waals surface area contributed by atoms with E-state index < -0.39 is 29.9 Å². The highest BCUT2D eigenvalue weighted by molar-refractivity contribution is 5.91. The van der Waals surface area contributed by atoms with Crippen molar-refractivity contribution in [2.45, 2.75) is 57.1 Å². The number of carbonyl (C=O) groups excluding carboxylic acids is 1. The number of ether oxygens (including phenoxy) is 1. The summed E-state index contributed by atoms with van der Waals surface area (Å²) in [5.74, 6) is -1.79. The van der Waals surface area contributed by atoms with Crippen molar-refractivity contribution in [1.82, 2.24) is 5.32 Å². The summed E-state index contributed by atoms with van der Waals surface area (Å²) in [5.41, 5.74) is -0.274. The Balaban J connectivity index is 1.86. The van der Waals surface area contributed by atoms with Crippen LogP contribution in [-0.4, -0.2) is 25.1 Å². The molecule has 0 bridgehead atoms. The molecule has 1 aliphatic carbocycles. The summed E-state index contributed by atoms with van der Waals surface area (Å²) in [6.07, 6.45) is -8.82. The number of hydrogen-bond donors (Lipinski definition) is 1. The molecule has 1 aliphatic rings. The summed E-state index contributed by atoms with van der Waals surface area (Å²) in [6, 6.07) is 7.37. The molecule has 0 amide bonds. The molecule has 0 aromatic heterocycles. The molecule has 3 nitrogen and oxygen atoms in total. The van der Waals surface area contributed by atoms with E-state index in [-0.39, 0.29) is 36.8 Å². The number of alkyl halides is 6. The summed E-state index contributed by atoms with van der Waals surface area (Å²) in [7, 11) is 0. The van der Waals surface area contributed by atoms with Crippen molar-refractivity contribution in [2.24, 2.45) is 5.92 Å². The molecule has 0 atom stereocenters. The van der Waals surface area contributed by atoms with E-state index in [0.717, 1.165) is 6.29 Å². The van der Waals surface area contributed by atoms with Gasteiger partial charge in [0.15, 0.2) is 0 Å². The first kappa shape index (κ1) is 23.4. The first-order chi connectivity index (χ1) is 14.6. The van der Waals surface area contributed by atoms with Crippen LogP contribution < -0.4 is 10.1 Å². The third kappa shape index (κ3) is 5.70. The van der Waals surface area contributed by atoms with Crippen molar-refractivity contribution in [3.8, 4) is 5.75 Å². The van der Waals surface area contributed by atoms with E-state index in [2.05, 4.69) is 5.32 Å². The second kappa shape index (κ2) is 9.46. The molecule has 2 aromatic rings. The van der Waals surface area contributed by atoms with Gasteiger partial charge in [-0.3, -0.25) is 0 Å². The summed E-state index contributed by atoms with van der Waals surface area (Å²) in [4.78, 5) is 10.4. The number of fused-ring (bicyclic) bond motifs is 1. The molecule has 1 fully saturated rings. The zero-order valence-electron chi connectivity index (χ0n) is 16.7. The van der Waals surface area contributed by atoms with Crippen LogP contribution in [0.1, 0.15) is 43.2 Å². The van der Waals surface area contributed by atoms with E-state index in [1.54, 1.807) is 6.07 Å². The van der Waals surface area contributed by atoms with Crippen LogP contribution in [0.3, 0.4) is 0 Å². The Morgan fingerprint density at radius 1 is 0.968 bits per heavy atom. The molecule has 2 aromatic carbocycles. The average molecular weight is 447 g/mol. The second-order valence-electron chi connectivity index (χ2n) is 7.71. The van der Waals surface area contributed by atoms with E-state index in [1.807, 2.05) is 0 Å². The fourth-order valence-electron chi connectivity index (χ4n) is 4.02. The van der Waals surface area contributed by atoms with E-state index in [4.69, 9.17) is 4.74 Å². The van der Waals surface area contributed by atoms with Gasteiger partial charge in [-0.15, -0.1) is 0 Å². The lowest BCUT2D eigenvalue weighted by Crippen LogP contribution is -2.32. The van der Waals surface area contributed by atoms with Crippen molar-refractivity contribution in [2.75, 3.05) is 6.54 Å². The van der Waals surface area contributed by atoms with Gasteiger partial charge in [0, 0.05) is 19.5 Å². The molecule has 0 heterocycles. The quantitative estimate of drug-likeness (QED) is 0.320. The van der Waals surface area contributed by atoms with Gasteiger partial charge in [0.2, 0.25) is 0 Å². The zero-order chi connectivity index (χ0) is 22.6. The van der Waals surface area contributed by atoms with E-state index in [0.29, 0.717) is 30.5 Å². The third-order valence-corrected chi connectivity index (χ3v) is 5.58. The van der Waals surface area contributed by atoms with Gasteiger partial charge in [0.25, 0.3) is 0 Å². The molecule has 0 spiro atoms. The second-order valence-corrected chi connectivity index (χ2v) is 7.71. The number of hydrogen-bond acceptors (Lipinski definition) is 3. The highest BCUT2D eigenvalue weighted by Gasteiger charge is 2.42. The number of halogens is 6. The van der Waals surface area contributed by atoms with Crippen LogP contribution in [0.4, 0.5) is 26.3 Å². The Kier molecular flexibility index (Phi) is 7.13. The minimum Gasteiger partial charge on any atom is -0.490 e. The maximum atomic E-state index is 14.0. The SMILES string of the molecule is O=CCCNCc1cccc2c(C(F)(F)F)c(OC3CCC(C(F)(F)F)CC3)ccc12. The molecule has 0 unspecified atom stereocenters. The van der Waals surface area contributed by atoms with Gasteiger partial charge in [-0.1, -0.05) is 24.3 Å². The highest BCUT2D eigenvalue weighted by atomic mass is 19.4. The minimum atomic E-state index is -4.69. The van der Waals surface area contributed by atoms with Gasteiger partial charge in [0.05, 0.1) is 12.0 Å². The van der Waals surface area contributed by atoms with Crippen LogP contribution in [0, 0.1) is 5.92 Å². The highest BCUT2D eigenvalue weighted by Crippen LogP contribution is 2.44. The summed E-state index contributed by atoms with van der Waals surface area (Å²) < 4.78 is 86.0. The predicted octanol–water partition coefficient (Wildman–Crippen LogP) is 6.04. The van der Waals surface area contributed by atoms with Crippen LogP contribution in [0.25, 0.3) is 10.8 Å². The standard InChI is InChI=1S/C22H23F6NO2/c23-21(24,25)15-5-7-16(8-6-15)31-19-10-9-17-14(13-29-11-2-12-30)3-1-4-18(17)20(19)22(26,27)28/h1,3-4,9-10,12,15-16,29H,2,5-8,11,13H2. The average Bonchev–Trinajstić information content (AvgIpc) is 2.70. The Hall–Kier alpha value is -2.29. The Bertz CT molecular complexity index is 901. The van der Waals surface area contributed by atoms with Crippen molar-refractivity contribution in [3.63, 3.8) is 0 Å². The van der Waals surface area contributed by atoms with Crippen LogP contribution in [0.15, 0.2) is 30.3 Å². The minimum absolute atomic E-state index is 0.0244. The van der Waals surface area contributed by atoms with Gasteiger partial charge in [-0.05, 0) is 48.1 Å². The molecule has 170 valence electrons. The Morgan fingerprint density at radius 3 is 2.29 bits per heavy atom. The monoisotopic (exact) mass is 447 g/mol. The first-order valence-electron chi connectivity index (χ1n) is 10.1. The molecule has 0 radical (unpaired) electrons. The molecule has 0 aliphatic heterocycles. The van der Waals surface area contributed by atoms with Gasteiger partial charge in [0.1, 0.15) is 17.6 Å². The van der Waals surface area contributed by atoms with Crippen LogP contribution in [0.5, 0.6) is 5.75 Å². The van der Waals surface area contributed by atoms with E-state index >= 15 is 0 Å². The summed E-state index contributed by atoms with van der Waals surface area (Å²) in [6.45, 7) is 0.706. The number of rotatable bonds is 7. The molecule has 0 saturated heterocycles. The smallest absolute Gasteiger partial charge is 0.420 e. The summed E-state index contributed by atoms with van der Waals surface area (Å²) in [5, 5.41) is 3.39. The van der Waals surface area contributed by atoms with Crippen LogP contribution in [0.2, 0.25) is 0 Å². The summed E-state index contributed by atoms with van der Waals surface area (Å²) >= 11 is 0. The van der Waals surface area contributed by atoms with Gasteiger partial charge < -0.3 is 14.8 Å². The molecule has 3 rings (SSSR count). The molecule has 1 saturated carbocycles. The fraction of sp³-hybridized carbons (Fsp3) is 0.500. The van der Waals surface area contributed by atoms with E-state index in [9.17, 15) is 31.1 Å². The molecule has 9 heteroatoms. The topological polar surface area (TPSA) is 38.3 Å². The lowest BCUT2D eigenvalue weighted by atomic mass is 9.87. The van der Waals surface area contributed by atoms with Crippen molar-refractivity contribution in [3.05, 3.63) is 41.5 Å². The van der Waals surface area contributed by atoms with Gasteiger partial charge >= 0.3 is 12.4 Å². The molecule has 1 N–H and O–H groups in total. The Labute approximate surface area is 175 Å². The molecular weight excluding hydrogens is 424 g/mol. The number of carbonyl (C=O) groups is 1. The first-order valence-corrected chi connectivity index (χ1v) is 10.1.